The lowest BCUT2D eigenvalue weighted by Gasteiger charge is -2.38. The van der Waals surface area contributed by atoms with Gasteiger partial charge in [-0.3, -0.25) is 0 Å². The number of rotatable bonds is 2. The number of nitrogens with zero attached hydrogens (tertiary/aromatic N) is 2. The molecule has 1 aromatic rings. The normalized spacial score (nSPS) is 22.1. The second-order valence-corrected chi connectivity index (χ2v) is 7.55. The molecule has 2 atom stereocenters. The molecular weight excluding hydrogens is 319 g/mol. The summed E-state index contributed by atoms with van der Waals surface area (Å²) in [6.45, 7) is 8.29. The zero-order chi connectivity index (χ0) is 17.2. The Labute approximate surface area is 142 Å². The third-order valence-corrected chi connectivity index (χ3v) is 4.24. The summed E-state index contributed by atoms with van der Waals surface area (Å²) in [6.07, 6.45) is 2.23. The number of aromatic nitrogens is 1. The molecule has 0 unspecified atom stereocenters. The molecule has 4 nitrogen and oxygen atoms in total. The smallest absolute Gasteiger partial charge is 0.410 e. The molecule has 1 aromatic heterocycles. The van der Waals surface area contributed by atoms with E-state index in [9.17, 15) is 9.18 Å². The highest BCUT2D eigenvalue weighted by atomic mass is 35.5. The standard InChI is InChI=1S/C17H24ClFN2O2/c1-11-9-12(10-13-5-6-14(19)15(18)20-13)7-8-21(11)16(22)23-17(2,3)4/h5-6,11-12H,7-10H2,1-4H3/t11-,12+/m1/s1. The highest BCUT2D eigenvalue weighted by Crippen LogP contribution is 2.27. The number of hydrogen-bond donors (Lipinski definition) is 0. The quantitative estimate of drug-likeness (QED) is 0.745. The minimum absolute atomic E-state index is 0.0817. The maximum absolute atomic E-state index is 13.2. The molecule has 2 heterocycles. The summed E-state index contributed by atoms with van der Waals surface area (Å²) in [6, 6.07) is 3.13. The Morgan fingerprint density at radius 3 is 2.74 bits per heavy atom. The van der Waals surface area contributed by atoms with Gasteiger partial charge in [0, 0.05) is 18.3 Å². The van der Waals surface area contributed by atoms with Crippen LogP contribution in [0.1, 0.15) is 46.2 Å². The van der Waals surface area contributed by atoms with Crippen molar-refractivity contribution in [2.75, 3.05) is 6.54 Å². The first-order valence-electron chi connectivity index (χ1n) is 7.96. The molecule has 0 radical (unpaired) electrons. The molecule has 0 aromatic carbocycles. The number of ether oxygens (including phenoxy) is 1. The fraction of sp³-hybridized carbons (Fsp3) is 0.647. The first kappa shape index (κ1) is 18.0. The Bertz CT molecular complexity index is 574. The lowest BCUT2D eigenvalue weighted by Crippen LogP contribution is -2.47. The van der Waals surface area contributed by atoms with E-state index in [2.05, 4.69) is 4.98 Å². The van der Waals surface area contributed by atoms with Gasteiger partial charge in [0.25, 0.3) is 0 Å². The first-order chi connectivity index (χ1) is 10.7. The molecule has 6 heteroatoms. The van der Waals surface area contributed by atoms with Gasteiger partial charge in [-0.25, -0.2) is 14.2 Å². The van der Waals surface area contributed by atoms with Crippen LogP contribution in [0, 0.1) is 11.7 Å². The summed E-state index contributed by atoms with van der Waals surface area (Å²) in [4.78, 5) is 18.1. The van der Waals surface area contributed by atoms with Crippen molar-refractivity contribution in [2.24, 2.45) is 5.92 Å². The van der Waals surface area contributed by atoms with E-state index in [0.717, 1.165) is 25.0 Å². The van der Waals surface area contributed by atoms with Gasteiger partial charge in [-0.1, -0.05) is 11.6 Å². The lowest BCUT2D eigenvalue weighted by atomic mass is 9.88. The molecular formula is C17H24ClFN2O2. The van der Waals surface area contributed by atoms with Crippen molar-refractivity contribution in [3.63, 3.8) is 0 Å². The lowest BCUT2D eigenvalue weighted by molar-refractivity contribution is 0.00715. The van der Waals surface area contributed by atoms with Gasteiger partial charge in [0.2, 0.25) is 0 Å². The van der Waals surface area contributed by atoms with Crippen LogP contribution in [-0.4, -0.2) is 34.2 Å². The Balaban J connectivity index is 1.93. The molecule has 2 rings (SSSR count). The van der Waals surface area contributed by atoms with Crippen LogP contribution in [0.4, 0.5) is 9.18 Å². The van der Waals surface area contributed by atoms with Crippen molar-refractivity contribution in [3.8, 4) is 0 Å². The number of pyridine rings is 1. The fourth-order valence-corrected chi connectivity index (χ4v) is 3.08. The van der Waals surface area contributed by atoms with Gasteiger partial charge in [0.05, 0.1) is 0 Å². The number of carbonyl (C=O) groups excluding carboxylic acids is 1. The summed E-state index contributed by atoms with van der Waals surface area (Å²) in [5.74, 6) is -0.0961. The van der Waals surface area contributed by atoms with Crippen LogP contribution in [0.2, 0.25) is 5.15 Å². The van der Waals surface area contributed by atoms with Gasteiger partial charge in [-0.15, -0.1) is 0 Å². The van der Waals surface area contributed by atoms with E-state index >= 15 is 0 Å². The highest BCUT2D eigenvalue weighted by Gasteiger charge is 2.31. The van der Waals surface area contributed by atoms with Gasteiger partial charge < -0.3 is 9.64 Å². The highest BCUT2D eigenvalue weighted by molar-refractivity contribution is 6.29. The third-order valence-electron chi connectivity index (χ3n) is 3.97. The number of halogens is 2. The van der Waals surface area contributed by atoms with Crippen molar-refractivity contribution in [1.29, 1.82) is 0 Å². The largest absolute Gasteiger partial charge is 0.444 e. The van der Waals surface area contributed by atoms with E-state index in [1.54, 1.807) is 11.0 Å². The second-order valence-electron chi connectivity index (χ2n) is 7.19. The maximum Gasteiger partial charge on any atom is 0.410 e. The summed E-state index contributed by atoms with van der Waals surface area (Å²) in [7, 11) is 0. The van der Waals surface area contributed by atoms with Crippen LogP contribution in [0.15, 0.2) is 12.1 Å². The zero-order valence-electron chi connectivity index (χ0n) is 14.1. The monoisotopic (exact) mass is 342 g/mol. The summed E-state index contributed by atoms with van der Waals surface area (Å²) >= 11 is 5.73. The van der Waals surface area contributed by atoms with E-state index in [1.807, 2.05) is 27.7 Å². The average Bonchev–Trinajstić information content (AvgIpc) is 2.41. The predicted octanol–water partition coefficient (Wildman–Crippen LogP) is 4.45. The van der Waals surface area contributed by atoms with Crippen molar-refractivity contribution >= 4 is 17.7 Å². The van der Waals surface area contributed by atoms with Gasteiger partial charge >= 0.3 is 6.09 Å². The Morgan fingerprint density at radius 2 is 2.17 bits per heavy atom. The van der Waals surface area contributed by atoms with Crippen LogP contribution in [0.5, 0.6) is 0 Å². The van der Waals surface area contributed by atoms with Gasteiger partial charge in [0.1, 0.15) is 5.60 Å². The fourth-order valence-electron chi connectivity index (χ4n) is 2.91. The van der Waals surface area contributed by atoms with Gasteiger partial charge in [-0.05, 0) is 65.0 Å². The van der Waals surface area contributed by atoms with Crippen LogP contribution in [0.25, 0.3) is 0 Å². The van der Waals surface area contributed by atoms with Crippen LogP contribution >= 0.6 is 11.6 Å². The molecule has 1 aliphatic heterocycles. The molecule has 23 heavy (non-hydrogen) atoms. The average molecular weight is 343 g/mol. The first-order valence-corrected chi connectivity index (χ1v) is 8.34. The number of amides is 1. The minimum Gasteiger partial charge on any atom is -0.444 e. The van der Waals surface area contributed by atoms with Crippen molar-refractivity contribution < 1.29 is 13.9 Å². The minimum atomic E-state index is -0.497. The molecule has 1 aliphatic rings. The summed E-state index contributed by atoms with van der Waals surface area (Å²) < 4.78 is 18.6. The van der Waals surface area contributed by atoms with Crippen LogP contribution in [-0.2, 0) is 11.2 Å². The van der Waals surface area contributed by atoms with E-state index in [-0.39, 0.29) is 17.3 Å². The number of likely N-dealkylation sites (tertiary alicyclic amines) is 1. The molecule has 128 valence electrons. The van der Waals surface area contributed by atoms with Crippen molar-refractivity contribution in [3.05, 3.63) is 28.8 Å². The summed E-state index contributed by atoms with van der Waals surface area (Å²) in [5, 5.41) is -0.0817. The summed E-state index contributed by atoms with van der Waals surface area (Å²) in [5.41, 5.74) is 0.307. The van der Waals surface area contributed by atoms with Crippen LogP contribution < -0.4 is 0 Å². The molecule has 1 amide bonds. The maximum atomic E-state index is 13.2. The van der Waals surface area contributed by atoms with E-state index in [4.69, 9.17) is 16.3 Å². The number of piperidine rings is 1. The molecule has 0 aliphatic carbocycles. The number of hydrogen-bond acceptors (Lipinski definition) is 3. The van der Waals surface area contributed by atoms with Crippen molar-refractivity contribution in [2.45, 2.75) is 58.6 Å². The Hall–Kier alpha value is -1.36. The molecule has 0 spiro atoms. The van der Waals surface area contributed by atoms with Crippen LogP contribution in [0.3, 0.4) is 0 Å². The topological polar surface area (TPSA) is 42.4 Å². The van der Waals surface area contributed by atoms with Gasteiger partial charge in [-0.2, -0.15) is 0 Å². The Kier molecular flexibility index (Phi) is 5.50. The second kappa shape index (κ2) is 7.04. The molecule has 0 bridgehead atoms. The number of carbonyl (C=O) groups is 1. The molecule has 1 saturated heterocycles. The predicted molar refractivity (Wildman–Crippen MR) is 88.0 cm³/mol. The zero-order valence-corrected chi connectivity index (χ0v) is 14.9. The van der Waals surface area contributed by atoms with E-state index < -0.39 is 11.4 Å². The molecule has 1 fully saturated rings. The third kappa shape index (κ3) is 5.06. The van der Waals surface area contributed by atoms with E-state index in [1.165, 1.54) is 6.07 Å². The molecule has 0 N–H and O–H groups in total. The van der Waals surface area contributed by atoms with Crippen molar-refractivity contribution in [1.82, 2.24) is 9.88 Å². The molecule has 0 saturated carbocycles. The van der Waals surface area contributed by atoms with E-state index in [0.29, 0.717) is 12.5 Å². The SMILES string of the molecule is C[C@@H]1C[C@@H](Cc2ccc(F)c(Cl)n2)CCN1C(=O)OC(C)(C)C. The van der Waals surface area contributed by atoms with Gasteiger partial charge in [0.15, 0.2) is 11.0 Å². The Morgan fingerprint density at radius 1 is 1.48 bits per heavy atom.